The number of hydrogen-bond donors (Lipinski definition) is 1. The maximum absolute atomic E-state index is 12.2. The van der Waals surface area contributed by atoms with Gasteiger partial charge in [0.05, 0.1) is 10.0 Å². The second-order valence-electron chi connectivity index (χ2n) is 5.40. The van der Waals surface area contributed by atoms with Crippen LogP contribution in [0, 0.1) is 5.92 Å². The van der Waals surface area contributed by atoms with E-state index >= 15 is 0 Å². The maximum Gasteiger partial charge on any atom is 0.222 e. The van der Waals surface area contributed by atoms with E-state index in [2.05, 4.69) is 5.32 Å². The Bertz CT molecular complexity index is 476. The van der Waals surface area contributed by atoms with Crippen molar-refractivity contribution in [3.63, 3.8) is 0 Å². The quantitative estimate of drug-likeness (QED) is 0.895. The van der Waals surface area contributed by atoms with Crippen LogP contribution in [0.25, 0.3) is 0 Å². The third-order valence-corrected chi connectivity index (χ3v) is 4.49. The molecule has 1 fully saturated rings. The Morgan fingerprint density at radius 2 is 1.95 bits per heavy atom. The van der Waals surface area contributed by atoms with Crippen LogP contribution < -0.4 is 5.32 Å². The average Bonchev–Trinajstić information content (AvgIpc) is 2.44. The topological polar surface area (TPSA) is 32.3 Å². The van der Waals surface area contributed by atoms with E-state index in [1.54, 1.807) is 11.0 Å². The van der Waals surface area contributed by atoms with Gasteiger partial charge < -0.3 is 10.2 Å². The van der Waals surface area contributed by atoms with Crippen molar-refractivity contribution in [3.8, 4) is 0 Å². The van der Waals surface area contributed by atoms with Gasteiger partial charge in [0.15, 0.2) is 0 Å². The Morgan fingerprint density at radius 1 is 1.29 bits per heavy atom. The van der Waals surface area contributed by atoms with Gasteiger partial charge in [0.1, 0.15) is 0 Å². The predicted molar refractivity (Wildman–Crippen MR) is 90.4 cm³/mol. The smallest absolute Gasteiger partial charge is 0.222 e. The van der Waals surface area contributed by atoms with E-state index < -0.39 is 0 Å². The lowest BCUT2D eigenvalue weighted by atomic mass is 9.94. The molecule has 3 nitrogen and oxygen atoms in total. The summed E-state index contributed by atoms with van der Waals surface area (Å²) in [5.41, 5.74) is 1.00. The zero-order valence-corrected chi connectivity index (χ0v) is 14.4. The molecule has 1 aromatic carbocycles. The molecule has 2 rings (SSSR count). The number of carbonyl (C=O) groups excluding carboxylic acids is 1. The van der Waals surface area contributed by atoms with Crippen LogP contribution in [0.5, 0.6) is 0 Å². The minimum atomic E-state index is 0. The molecular weight excluding hydrogens is 331 g/mol. The molecule has 1 aliphatic rings. The Kier molecular flexibility index (Phi) is 7.82. The largest absolute Gasteiger partial charge is 0.341 e. The number of hydrogen-bond acceptors (Lipinski definition) is 2. The fourth-order valence-electron chi connectivity index (χ4n) is 2.49. The van der Waals surface area contributed by atoms with Gasteiger partial charge in [0, 0.05) is 20.0 Å². The van der Waals surface area contributed by atoms with Gasteiger partial charge in [0.25, 0.3) is 0 Å². The molecule has 6 heteroatoms. The summed E-state index contributed by atoms with van der Waals surface area (Å²) in [6.07, 6.45) is 2.82. The number of nitrogens with one attached hydrogen (secondary N) is 1. The highest BCUT2D eigenvalue weighted by Crippen LogP contribution is 2.23. The first kappa shape index (κ1) is 18.6. The van der Waals surface area contributed by atoms with Crippen LogP contribution in [0.4, 0.5) is 0 Å². The lowest BCUT2D eigenvalue weighted by Gasteiger charge is -2.25. The van der Waals surface area contributed by atoms with Gasteiger partial charge in [-0.3, -0.25) is 4.79 Å². The molecule has 0 radical (unpaired) electrons. The molecule has 1 aliphatic heterocycles. The molecule has 0 atom stereocenters. The highest BCUT2D eigenvalue weighted by atomic mass is 35.5. The SMILES string of the molecule is CN(Cc1ccc(Cl)c(Cl)c1)C(=O)CC1CCNCC1.Cl. The Balaban J connectivity index is 0.00000220. The normalized spacial score (nSPS) is 15.4. The molecule has 0 unspecified atom stereocenters. The summed E-state index contributed by atoms with van der Waals surface area (Å²) in [5, 5.41) is 4.39. The number of halogens is 3. The van der Waals surface area contributed by atoms with Crippen LogP contribution >= 0.6 is 35.6 Å². The monoisotopic (exact) mass is 350 g/mol. The van der Waals surface area contributed by atoms with Crippen LogP contribution in [0.2, 0.25) is 10.0 Å². The standard InChI is InChI=1S/C15H20Cl2N2O.ClH/c1-19(10-12-2-3-13(16)14(17)8-12)15(20)9-11-4-6-18-7-5-11;/h2-3,8,11,18H,4-7,9-10H2,1H3;1H. The van der Waals surface area contributed by atoms with E-state index in [0.717, 1.165) is 31.5 Å². The molecule has 0 aliphatic carbocycles. The second-order valence-corrected chi connectivity index (χ2v) is 6.21. The molecule has 0 saturated carbocycles. The van der Waals surface area contributed by atoms with Gasteiger partial charge >= 0.3 is 0 Å². The van der Waals surface area contributed by atoms with Gasteiger partial charge in [0.2, 0.25) is 5.91 Å². The third kappa shape index (κ3) is 5.67. The van der Waals surface area contributed by atoms with Gasteiger partial charge in [-0.05, 0) is 49.5 Å². The molecule has 1 saturated heterocycles. The Morgan fingerprint density at radius 3 is 2.57 bits per heavy atom. The first-order valence-corrected chi connectivity index (χ1v) is 7.70. The summed E-state index contributed by atoms with van der Waals surface area (Å²) in [4.78, 5) is 14.0. The van der Waals surface area contributed by atoms with Gasteiger partial charge in [-0.2, -0.15) is 0 Å². The summed E-state index contributed by atoms with van der Waals surface area (Å²) in [7, 11) is 1.84. The molecule has 21 heavy (non-hydrogen) atoms. The molecule has 1 aromatic rings. The molecule has 1 N–H and O–H groups in total. The van der Waals surface area contributed by atoms with Crippen molar-refractivity contribution in [2.45, 2.75) is 25.8 Å². The van der Waals surface area contributed by atoms with Crippen LogP contribution in [-0.2, 0) is 11.3 Å². The minimum absolute atomic E-state index is 0. The highest BCUT2D eigenvalue weighted by molar-refractivity contribution is 6.42. The first-order chi connectivity index (χ1) is 9.56. The van der Waals surface area contributed by atoms with Crippen molar-refractivity contribution in [2.24, 2.45) is 5.92 Å². The third-order valence-electron chi connectivity index (χ3n) is 3.75. The lowest BCUT2D eigenvalue weighted by Crippen LogP contribution is -2.33. The van der Waals surface area contributed by atoms with Crippen molar-refractivity contribution in [3.05, 3.63) is 33.8 Å². The molecule has 118 valence electrons. The summed E-state index contributed by atoms with van der Waals surface area (Å²) < 4.78 is 0. The number of nitrogens with zero attached hydrogens (tertiary/aromatic N) is 1. The van der Waals surface area contributed by atoms with E-state index in [1.165, 1.54) is 0 Å². The summed E-state index contributed by atoms with van der Waals surface area (Å²) >= 11 is 11.9. The predicted octanol–water partition coefficient (Wildman–Crippen LogP) is 3.76. The fraction of sp³-hybridized carbons (Fsp3) is 0.533. The maximum atomic E-state index is 12.2. The molecule has 0 bridgehead atoms. The van der Waals surface area contributed by atoms with Gasteiger partial charge in [-0.15, -0.1) is 12.4 Å². The zero-order valence-electron chi connectivity index (χ0n) is 12.1. The van der Waals surface area contributed by atoms with Crippen LogP contribution in [0.15, 0.2) is 18.2 Å². The minimum Gasteiger partial charge on any atom is -0.341 e. The molecule has 1 amide bonds. The molecule has 0 spiro atoms. The van der Waals surface area contributed by atoms with E-state index in [0.29, 0.717) is 28.9 Å². The Hall–Kier alpha value is -0.480. The number of piperidine rings is 1. The van der Waals surface area contributed by atoms with Crippen molar-refractivity contribution >= 4 is 41.5 Å². The average molecular weight is 352 g/mol. The number of rotatable bonds is 4. The van der Waals surface area contributed by atoms with E-state index in [4.69, 9.17) is 23.2 Å². The second kappa shape index (κ2) is 8.84. The molecular formula is C15H21Cl3N2O. The number of carbonyl (C=O) groups is 1. The van der Waals surface area contributed by atoms with Gasteiger partial charge in [-0.25, -0.2) is 0 Å². The van der Waals surface area contributed by atoms with Crippen molar-refractivity contribution in [1.82, 2.24) is 10.2 Å². The van der Waals surface area contributed by atoms with E-state index in [-0.39, 0.29) is 18.3 Å². The van der Waals surface area contributed by atoms with Crippen molar-refractivity contribution in [2.75, 3.05) is 20.1 Å². The van der Waals surface area contributed by atoms with Crippen molar-refractivity contribution < 1.29 is 4.79 Å². The van der Waals surface area contributed by atoms with E-state index in [9.17, 15) is 4.79 Å². The number of benzene rings is 1. The van der Waals surface area contributed by atoms with Gasteiger partial charge in [-0.1, -0.05) is 29.3 Å². The first-order valence-electron chi connectivity index (χ1n) is 6.95. The summed E-state index contributed by atoms with van der Waals surface area (Å²) in [5.74, 6) is 0.711. The molecule has 0 aromatic heterocycles. The van der Waals surface area contributed by atoms with E-state index in [1.807, 2.05) is 19.2 Å². The summed E-state index contributed by atoms with van der Waals surface area (Å²) in [6, 6.07) is 5.49. The van der Waals surface area contributed by atoms with Crippen LogP contribution in [0.3, 0.4) is 0 Å². The zero-order chi connectivity index (χ0) is 14.5. The lowest BCUT2D eigenvalue weighted by molar-refractivity contribution is -0.131. The van der Waals surface area contributed by atoms with Crippen molar-refractivity contribution in [1.29, 1.82) is 0 Å². The number of amides is 1. The Labute approximate surface area is 142 Å². The highest BCUT2D eigenvalue weighted by Gasteiger charge is 2.19. The van der Waals surface area contributed by atoms with Crippen LogP contribution in [-0.4, -0.2) is 30.9 Å². The van der Waals surface area contributed by atoms with Crippen LogP contribution in [0.1, 0.15) is 24.8 Å². The molecule has 1 heterocycles. The fourth-order valence-corrected chi connectivity index (χ4v) is 2.81. The summed E-state index contributed by atoms with van der Waals surface area (Å²) in [6.45, 7) is 2.61.